The summed E-state index contributed by atoms with van der Waals surface area (Å²) in [5, 5.41) is 9.44. The number of carboxylic acids is 1. The van der Waals surface area contributed by atoms with E-state index in [1.165, 1.54) is 13.0 Å². The largest absolute Gasteiger partial charge is 0.573 e. The molecule has 0 fully saturated rings. The molecular weight excluding hydrogens is 404 g/mol. The third kappa shape index (κ3) is 4.25. The highest BCUT2D eigenvalue weighted by Crippen LogP contribution is 2.36. The standard InChI is InChI=1S/C19H11F6NO3/c1-9-15(17(27)28)13-8-12(29-19(23,24)25)5-6-14(13)26-16(9)10-3-2-4-11(7-10)18(20,21)22/h2-8H,1H3,(H,27,28). The fourth-order valence-electron chi connectivity index (χ4n) is 2.93. The zero-order valence-corrected chi connectivity index (χ0v) is 14.5. The molecule has 0 atom stereocenters. The van der Waals surface area contributed by atoms with Crippen LogP contribution in [0.3, 0.4) is 0 Å². The Kier molecular flexibility index (Phi) is 4.89. The van der Waals surface area contributed by atoms with E-state index in [0.29, 0.717) is 0 Å². The number of ether oxygens (including phenoxy) is 1. The lowest BCUT2D eigenvalue weighted by atomic mass is 9.96. The zero-order chi connectivity index (χ0) is 21.6. The molecule has 1 N–H and O–H groups in total. The lowest BCUT2D eigenvalue weighted by Crippen LogP contribution is -2.17. The van der Waals surface area contributed by atoms with Gasteiger partial charge >= 0.3 is 18.5 Å². The van der Waals surface area contributed by atoms with Gasteiger partial charge in [0, 0.05) is 10.9 Å². The van der Waals surface area contributed by atoms with Crippen LogP contribution in [0.2, 0.25) is 0 Å². The minimum Gasteiger partial charge on any atom is -0.478 e. The van der Waals surface area contributed by atoms with Crippen LogP contribution in [0.25, 0.3) is 22.2 Å². The summed E-state index contributed by atoms with van der Waals surface area (Å²) in [6, 6.07) is 7.11. The third-order valence-electron chi connectivity index (χ3n) is 4.11. The van der Waals surface area contributed by atoms with Crippen LogP contribution in [-0.2, 0) is 6.18 Å². The number of hydrogen-bond acceptors (Lipinski definition) is 3. The number of carboxylic acid groups (broad SMARTS) is 1. The normalized spacial score (nSPS) is 12.2. The Morgan fingerprint density at radius 3 is 2.31 bits per heavy atom. The predicted molar refractivity (Wildman–Crippen MR) is 90.6 cm³/mol. The lowest BCUT2D eigenvalue weighted by Gasteiger charge is -2.15. The van der Waals surface area contributed by atoms with Crippen molar-refractivity contribution in [3.8, 4) is 17.0 Å². The molecule has 0 aliphatic heterocycles. The average molecular weight is 415 g/mol. The van der Waals surface area contributed by atoms with Crippen LogP contribution in [0, 0.1) is 6.92 Å². The summed E-state index contributed by atoms with van der Waals surface area (Å²) in [7, 11) is 0. The summed E-state index contributed by atoms with van der Waals surface area (Å²) in [5.41, 5.74) is -1.32. The maximum Gasteiger partial charge on any atom is 0.573 e. The highest BCUT2D eigenvalue weighted by atomic mass is 19.4. The van der Waals surface area contributed by atoms with E-state index in [1.54, 1.807) is 0 Å². The first-order valence-corrected chi connectivity index (χ1v) is 7.98. The van der Waals surface area contributed by atoms with Gasteiger partial charge in [0.25, 0.3) is 0 Å². The van der Waals surface area contributed by atoms with Crippen LogP contribution in [0.5, 0.6) is 5.75 Å². The number of alkyl halides is 6. The van der Waals surface area contributed by atoms with E-state index in [9.17, 15) is 36.2 Å². The number of aromatic carboxylic acids is 1. The van der Waals surface area contributed by atoms with E-state index >= 15 is 0 Å². The average Bonchev–Trinajstić information content (AvgIpc) is 2.58. The van der Waals surface area contributed by atoms with Crippen LogP contribution >= 0.6 is 0 Å². The van der Waals surface area contributed by atoms with Gasteiger partial charge in [0.15, 0.2) is 0 Å². The molecule has 0 radical (unpaired) electrons. The summed E-state index contributed by atoms with van der Waals surface area (Å²) in [5.74, 6) is -2.10. The molecule has 10 heteroatoms. The second-order valence-corrected chi connectivity index (χ2v) is 6.07. The molecule has 1 heterocycles. The highest BCUT2D eigenvalue weighted by molar-refractivity contribution is 6.06. The zero-order valence-electron chi connectivity index (χ0n) is 14.5. The van der Waals surface area contributed by atoms with Crippen molar-refractivity contribution in [1.82, 2.24) is 4.98 Å². The van der Waals surface area contributed by atoms with Gasteiger partial charge < -0.3 is 9.84 Å². The quantitative estimate of drug-likeness (QED) is 0.547. The Morgan fingerprint density at radius 2 is 1.72 bits per heavy atom. The van der Waals surface area contributed by atoms with Gasteiger partial charge in [-0.15, -0.1) is 13.2 Å². The minimum absolute atomic E-state index is 0.00469. The molecule has 0 saturated carbocycles. The van der Waals surface area contributed by atoms with E-state index in [1.807, 2.05) is 0 Å². The molecule has 152 valence electrons. The van der Waals surface area contributed by atoms with Gasteiger partial charge in [0.2, 0.25) is 0 Å². The van der Waals surface area contributed by atoms with Crippen LogP contribution < -0.4 is 4.74 Å². The Hall–Kier alpha value is -3.30. The molecule has 0 aliphatic carbocycles. The molecule has 4 nitrogen and oxygen atoms in total. The number of fused-ring (bicyclic) bond motifs is 1. The molecule has 0 saturated heterocycles. The molecule has 1 aromatic heterocycles. The molecule has 3 aromatic rings. The highest BCUT2D eigenvalue weighted by Gasteiger charge is 2.32. The van der Waals surface area contributed by atoms with Gasteiger partial charge in [0.1, 0.15) is 5.75 Å². The molecule has 0 aliphatic rings. The molecular formula is C19H11F6NO3. The predicted octanol–water partition coefficient (Wildman–Crippen LogP) is 5.83. The molecule has 0 bridgehead atoms. The number of rotatable bonds is 3. The van der Waals surface area contributed by atoms with Gasteiger partial charge in [-0.2, -0.15) is 13.2 Å². The smallest absolute Gasteiger partial charge is 0.478 e. The molecule has 0 unspecified atom stereocenters. The molecule has 2 aromatic carbocycles. The Balaban J connectivity index is 2.25. The van der Waals surface area contributed by atoms with E-state index in [0.717, 1.165) is 36.4 Å². The van der Waals surface area contributed by atoms with Crippen molar-refractivity contribution in [3.63, 3.8) is 0 Å². The number of nitrogens with zero attached hydrogens (tertiary/aromatic N) is 1. The first-order chi connectivity index (χ1) is 13.4. The molecule has 29 heavy (non-hydrogen) atoms. The number of aromatic nitrogens is 1. The van der Waals surface area contributed by atoms with Crippen molar-refractivity contribution >= 4 is 16.9 Å². The van der Waals surface area contributed by atoms with Crippen molar-refractivity contribution < 1.29 is 41.0 Å². The monoisotopic (exact) mass is 415 g/mol. The minimum atomic E-state index is -4.97. The second-order valence-electron chi connectivity index (χ2n) is 6.07. The van der Waals surface area contributed by atoms with Crippen LogP contribution in [0.1, 0.15) is 21.5 Å². The van der Waals surface area contributed by atoms with Crippen LogP contribution in [-0.4, -0.2) is 22.4 Å². The first-order valence-electron chi connectivity index (χ1n) is 7.98. The Bertz CT molecular complexity index is 1110. The summed E-state index contributed by atoms with van der Waals surface area (Å²) in [4.78, 5) is 16.0. The van der Waals surface area contributed by atoms with E-state index in [-0.39, 0.29) is 33.3 Å². The Morgan fingerprint density at radius 1 is 1.03 bits per heavy atom. The first kappa shape index (κ1) is 20.4. The summed E-state index contributed by atoms with van der Waals surface area (Å²) in [6.45, 7) is 1.32. The number of halogens is 6. The van der Waals surface area contributed by atoms with Crippen LogP contribution in [0.15, 0.2) is 42.5 Å². The maximum atomic E-state index is 13.0. The van der Waals surface area contributed by atoms with Gasteiger partial charge in [-0.3, -0.25) is 0 Å². The SMILES string of the molecule is Cc1c(-c2cccc(C(F)(F)F)c2)nc2ccc(OC(F)(F)F)cc2c1C(=O)O. The van der Waals surface area contributed by atoms with Gasteiger partial charge in [-0.25, -0.2) is 9.78 Å². The van der Waals surface area contributed by atoms with Gasteiger partial charge in [-0.1, -0.05) is 12.1 Å². The van der Waals surface area contributed by atoms with Gasteiger partial charge in [0.05, 0.1) is 22.3 Å². The lowest BCUT2D eigenvalue weighted by molar-refractivity contribution is -0.274. The summed E-state index contributed by atoms with van der Waals surface area (Å²) < 4.78 is 80.2. The topological polar surface area (TPSA) is 59.4 Å². The van der Waals surface area contributed by atoms with Crippen LogP contribution in [0.4, 0.5) is 26.3 Å². The second kappa shape index (κ2) is 6.94. The third-order valence-corrected chi connectivity index (χ3v) is 4.11. The van der Waals surface area contributed by atoms with Crippen molar-refractivity contribution in [2.24, 2.45) is 0 Å². The van der Waals surface area contributed by atoms with E-state index < -0.39 is 29.8 Å². The number of carbonyl (C=O) groups is 1. The number of pyridine rings is 1. The number of benzene rings is 2. The molecule has 0 amide bonds. The van der Waals surface area contributed by atoms with E-state index in [4.69, 9.17) is 0 Å². The van der Waals surface area contributed by atoms with Crippen molar-refractivity contribution in [2.75, 3.05) is 0 Å². The van der Waals surface area contributed by atoms with Crippen molar-refractivity contribution in [1.29, 1.82) is 0 Å². The summed E-state index contributed by atoms with van der Waals surface area (Å²) in [6.07, 6.45) is -9.59. The van der Waals surface area contributed by atoms with Crippen molar-refractivity contribution in [3.05, 3.63) is 59.2 Å². The maximum absolute atomic E-state index is 13.0. The fourth-order valence-corrected chi connectivity index (χ4v) is 2.93. The van der Waals surface area contributed by atoms with Gasteiger partial charge in [-0.05, 0) is 42.8 Å². The van der Waals surface area contributed by atoms with Crippen molar-refractivity contribution in [2.45, 2.75) is 19.5 Å². The Labute approximate surface area is 159 Å². The molecule has 3 rings (SSSR count). The number of hydrogen-bond donors (Lipinski definition) is 1. The molecule has 0 spiro atoms. The fraction of sp³-hybridized carbons (Fsp3) is 0.158. The summed E-state index contributed by atoms with van der Waals surface area (Å²) >= 11 is 0. The van der Waals surface area contributed by atoms with E-state index in [2.05, 4.69) is 9.72 Å².